The molecule has 126 valence electrons. The van der Waals surface area contributed by atoms with E-state index in [0.717, 1.165) is 56.1 Å². The zero-order valence-electron chi connectivity index (χ0n) is 14.2. The maximum absolute atomic E-state index is 5.99. The predicted molar refractivity (Wildman–Crippen MR) is 96.0 cm³/mol. The van der Waals surface area contributed by atoms with Crippen molar-refractivity contribution in [1.29, 1.82) is 0 Å². The summed E-state index contributed by atoms with van der Waals surface area (Å²) in [6.45, 7) is 4.02. The molecule has 0 radical (unpaired) electrons. The molecule has 0 aromatic carbocycles. The summed E-state index contributed by atoms with van der Waals surface area (Å²) in [6, 6.07) is 4.28. The van der Waals surface area contributed by atoms with Gasteiger partial charge in [-0.15, -0.1) is 0 Å². The monoisotopic (exact) mass is 324 g/mol. The van der Waals surface area contributed by atoms with Crippen molar-refractivity contribution in [3.8, 4) is 11.3 Å². The van der Waals surface area contributed by atoms with Gasteiger partial charge in [-0.25, -0.2) is 4.98 Å². The van der Waals surface area contributed by atoms with Crippen LogP contribution in [0.3, 0.4) is 0 Å². The van der Waals surface area contributed by atoms with Gasteiger partial charge in [-0.05, 0) is 44.4 Å². The molecule has 2 aromatic heterocycles. The van der Waals surface area contributed by atoms with Crippen molar-refractivity contribution in [2.75, 3.05) is 43.9 Å². The van der Waals surface area contributed by atoms with Gasteiger partial charge in [0.2, 0.25) is 5.95 Å². The molecule has 1 saturated heterocycles. The molecule has 6 heteroatoms. The first-order chi connectivity index (χ1) is 11.7. The number of nitrogen functional groups attached to an aromatic ring is 1. The fourth-order valence-corrected chi connectivity index (χ4v) is 3.53. The number of anilines is 2. The van der Waals surface area contributed by atoms with E-state index in [-0.39, 0.29) is 0 Å². The van der Waals surface area contributed by atoms with Gasteiger partial charge in [0.15, 0.2) is 0 Å². The van der Waals surface area contributed by atoms with Gasteiger partial charge in [0.05, 0.1) is 5.69 Å². The maximum Gasteiger partial charge on any atom is 0.222 e. The molecule has 6 nitrogen and oxygen atoms in total. The van der Waals surface area contributed by atoms with E-state index in [1.165, 1.54) is 24.1 Å². The summed E-state index contributed by atoms with van der Waals surface area (Å²) in [6.07, 6.45) is 6.62. The molecular formula is C18H24N6. The minimum atomic E-state index is 0.333. The highest BCUT2D eigenvalue weighted by Gasteiger charge is 2.18. The average molecular weight is 324 g/mol. The number of pyridine rings is 1. The third kappa shape index (κ3) is 3.06. The first kappa shape index (κ1) is 15.3. The van der Waals surface area contributed by atoms with E-state index in [9.17, 15) is 0 Å². The van der Waals surface area contributed by atoms with Gasteiger partial charge in [-0.3, -0.25) is 4.98 Å². The van der Waals surface area contributed by atoms with Crippen LogP contribution in [0.4, 0.5) is 11.8 Å². The van der Waals surface area contributed by atoms with E-state index in [0.29, 0.717) is 5.95 Å². The minimum absolute atomic E-state index is 0.333. The molecule has 0 bridgehead atoms. The first-order valence-electron chi connectivity index (χ1n) is 8.75. The molecule has 0 unspecified atom stereocenters. The molecule has 2 aliphatic rings. The van der Waals surface area contributed by atoms with Gasteiger partial charge in [0, 0.05) is 49.7 Å². The third-order valence-electron chi connectivity index (χ3n) is 5.02. The van der Waals surface area contributed by atoms with Gasteiger partial charge in [-0.1, -0.05) is 0 Å². The van der Waals surface area contributed by atoms with Crippen LogP contribution in [0.5, 0.6) is 0 Å². The smallest absolute Gasteiger partial charge is 0.222 e. The Balaban J connectivity index is 1.66. The summed E-state index contributed by atoms with van der Waals surface area (Å²) >= 11 is 0. The van der Waals surface area contributed by atoms with Crippen molar-refractivity contribution in [1.82, 2.24) is 19.9 Å². The zero-order valence-corrected chi connectivity index (χ0v) is 14.2. The fourth-order valence-electron chi connectivity index (χ4n) is 3.53. The van der Waals surface area contributed by atoms with Crippen LogP contribution >= 0.6 is 0 Å². The average Bonchev–Trinajstić information content (AvgIpc) is 2.61. The standard InChI is InChI=1S/C18H24N6/c1-23-6-8-24(9-7-23)17-11-16(21-18(19)22-17)14-10-13-4-2-3-5-15(13)20-12-14/h10-12H,2-9H2,1H3,(H2,19,21,22). The number of likely N-dealkylation sites (N-methyl/N-ethyl adjacent to an activating group) is 1. The Labute approximate surface area is 142 Å². The number of hydrogen-bond acceptors (Lipinski definition) is 6. The highest BCUT2D eigenvalue weighted by Crippen LogP contribution is 2.27. The minimum Gasteiger partial charge on any atom is -0.368 e. The largest absolute Gasteiger partial charge is 0.368 e. The quantitative estimate of drug-likeness (QED) is 0.907. The zero-order chi connectivity index (χ0) is 16.5. The lowest BCUT2D eigenvalue weighted by molar-refractivity contribution is 0.312. The van der Waals surface area contributed by atoms with Gasteiger partial charge in [0.25, 0.3) is 0 Å². The summed E-state index contributed by atoms with van der Waals surface area (Å²) in [5, 5.41) is 0. The van der Waals surface area contributed by atoms with Gasteiger partial charge in [-0.2, -0.15) is 4.98 Å². The molecule has 4 rings (SSSR count). The summed E-state index contributed by atoms with van der Waals surface area (Å²) in [5.74, 6) is 1.25. The molecule has 0 amide bonds. The number of piperazine rings is 1. The van der Waals surface area contributed by atoms with Crippen molar-refractivity contribution in [2.45, 2.75) is 25.7 Å². The van der Waals surface area contributed by atoms with E-state index in [1.807, 2.05) is 12.3 Å². The lowest BCUT2D eigenvalue weighted by Crippen LogP contribution is -2.44. The van der Waals surface area contributed by atoms with E-state index in [4.69, 9.17) is 5.73 Å². The number of aryl methyl sites for hydroxylation is 2. The van der Waals surface area contributed by atoms with Crippen molar-refractivity contribution in [3.63, 3.8) is 0 Å². The summed E-state index contributed by atoms with van der Waals surface area (Å²) in [5.41, 5.74) is 10.5. The highest BCUT2D eigenvalue weighted by atomic mass is 15.3. The Kier molecular flexibility index (Phi) is 4.06. The Morgan fingerprint density at radius 3 is 2.62 bits per heavy atom. The second-order valence-corrected chi connectivity index (χ2v) is 6.80. The Morgan fingerprint density at radius 2 is 1.79 bits per heavy atom. The van der Waals surface area contributed by atoms with Crippen LogP contribution in [0.2, 0.25) is 0 Å². The van der Waals surface area contributed by atoms with E-state index in [2.05, 4.69) is 37.9 Å². The number of nitrogens with two attached hydrogens (primary N) is 1. The number of rotatable bonds is 2. The molecule has 2 N–H and O–H groups in total. The highest BCUT2D eigenvalue weighted by molar-refractivity contribution is 5.65. The van der Waals surface area contributed by atoms with Crippen LogP contribution in [0, 0.1) is 0 Å². The molecule has 0 atom stereocenters. The Hall–Kier alpha value is -2.21. The second kappa shape index (κ2) is 6.36. The predicted octanol–water partition coefficient (Wildman–Crippen LogP) is 1.75. The summed E-state index contributed by atoms with van der Waals surface area (Å²) < 4.78 is 0. The van der Waals surface area contributed by atoms with Crippen molar-refractivity contribution in [2.24, 2.45) is 0 Å². The Bertz CT molecular complexity index is 736. The van der Waals surface area contributed by atoms with Crippen molar-refractivity contribution >= 4 is 11.8 Å². The second-order valence-electron chi connectivity index (χ2n) is 6.80. The van der Waals surface area contributed by atoms with Crippen LogP contribution in [-0.4, -0.2) is 53.1 Å². The van der Waals surface area contributed by atoms with E-state index in [1.54, 1.807) is 0 Å². The fraction of sp³-hybridized carbons (Fsp3) is 0.500. The molecule has 0 saturated carbocycles. The van der Waals surface area contributed by atoms with Gasteiger partial charge >= 0.3 is 0 Å². The summed E-state index contributed by atoms with van der Waals surface area (Å²) in [7, 11) is 2.15. The van der Waals surface area contributed by atoms with Crippen molar-refractivity contribution < 1.29 is 0 Å². The van der Waals surface area contributed by atoms with Gasteiger partial charge in [0.1, 0.15) is 5.82 Å². The maximum atomic E-state index is 5.99. The number of nitrogens with zero attached hydrogens (tertiary/aromatic N) is 5. The van der Waals surface area contributed by atoms with Gasteiger partial charge < -0.3 is 15.5 Å². The Morgan fingerprint density at radius 1 is 1.00 bits per heavy atom. The number of aromatic nitrogens is 3. The number of fused-ring (bicyclic) bond motifs is 1. The van der Waals surface area contributed by atoms with Crippen LogP contribution in [0.15, 0.2) is 18.3 Å². The SMILES string of the molecule is CN1CCN(c2cc(-c3cnc4c(c3)CCCC4)nc(N)n2)CC1. The topological polar surface area (TPSA) is 71.2 Å². The van der Waals surface area contributed by atoms with Crippen LogP contribution in [0.1, 0.15) is 24.1 Å². The molecule has 1 aliphatic carbocycles. The van der Waals surface area contributed by atoms with Crippen molar-refractivity contribution in [3.05, 3.63) is 29.6 Å². The third-order valence-corrected chi connectivity index (χ3v) is 5.02. The summed E-state index contributed by atoms with van der Waals surface area (Å²) in [4.78, 5) is 18.2. The molecule has 1 aliphatic heterocycles. The molecule has 0 spiro atoms. The molecule has 2 aromatic rings. The molecule has 24 heavy (non-hydrogen) atoms. The van der Waals surface area contributed by atoms with E-state index < -0.39 is 0 Å². The van der Waals surface area contributed by atoms with Crippen LogP contribution in [-0.2, 0) is 12.8 Å². The molecular weight excluding hydrogens is 300 g/mol. The lowest BCUT2D eigenvalue weighted by atomic mass is 9.94. The number of hydrogen-bond donors (Lipinski definition) is 1. The molecule has 3 heterocycles. The van der Waals surface area contributed by atoms with E-state index >= 15 is 0 Å². The van der Waals surface area contributed by atoms with Crippen LogP contribution < -0.4 is 10.6 Å². The van der Waals surface area contributed by atoms with Crippen LogP contribution in [0.25, 0.3) is 11.3 Å². The lowest BCUT2D eigenvalue weighted by Gasteiger charge is -2.33. The first-order valence-corrected chi connectivity index (χ1v) is 8.75. The molecule has 1 fully saturated rings. The normalized spacial score (nSPS) is 18.5.